The van der Waals surface area contributed by atoms with Crippen LogP contribution in [0.5, 0.6) is 0 Å². The Balaban J connectivity index is -0.000000301. The topological polar surface area (TPSA) is 37.3 Å². The fraction of sp³-hybridized carbons (Fsp3) is 0.833. The standard InChI is InChI=1S/C18H34O2.Co.Fe.Mn.Zn/c1-2-3-4-5-6-7-8-9-10-11-12-13-14-15-16-17-18(19)20;;;;/h9-10H,2-8,11-17H2,1H3,(H,19,20);;;;/b10-9-;;;;. The van der Waals surface area contributed by atoms with Crippen LogP contribution in [0.15, 0.2) is 12.2 Å². The van der Waals surface area contributed by atoms with E-state index in [1.165, 1.54) is 70.6 Å². The third-order valence-electron chi connectivity index (χ3n) is 3.65. The second kappa shape index (κ2) is 32.1. The van der Waals surface area contributed by atoms with Crippen LogP contribution in [0.1, 0.15) is 96.8 Å². The Labute approximate surface area is 194 Å². The molecule has 0 aliphatic heterocycles. The van der Waals surface area contributed by atoms with Gasteiger partial charge in [-0.1, -0.05) is 70.4 Å². The van der Waals surface area contributed by atoms with Gasteiger partial charge in [-0.2, -0.15) is 0 Å². The van der Waals surface area contributed by atoms with Crippen LogP contribution < -0.4 is 0 Å². The van der Waals surface area contributed by atoms with Crippen LogP contribution in [0.4, 0.5) is 0 Å². The molecule has 0 bridgehead atoms. The zero-order valence-corrected chi connectivity index (χ0v) is 21.5. The summed E-state index contributed by atoms with van der Waals surface area (Å²) in [4.78, 5) is 10.3. The first-order chi connectivity index (χ1) is 9.77. The third-order valence-corrected chi connectivity index (χ3v) is 3.65. The Morgan fingerprint density at radius 1 is 0.792 bits per heavy atom. The van der Waals surface area contributed by atoms with Crippen molar-refractivity contribution in [3.8, 4) is 0 Å². The summed E-state index contributed by atoms with van der Waals surface area (Å²) >= 11 is 0. The number of rotatable bonds is 15. The molecule has 0 aromatic carbocycles. The largest absolute Gasteiger partial charge is 0.481 e. The van der Waals surface area contributed by atoms with E-state index in [0.29, 0.717) is 6.42 Å². The van der Waals surface area contributed by atoms with Crippen molar-refractivity contribution in [3.63, 3.8) is 0 Å². The molecule has 0 saturated heterocycles. The minimum atomic E-state index is -0.664. The minimum Gasteiger partial charge on any atom is -0.481 e. The number of allylic oxidation sites excluding steroid dienone is 2. The molecule has 0 atom stereocenters. The van der Waals surface area contributed by atoms with Crippen LogP contribution in [0.25, 0.3) is 0 Å². The van der Waals surface area contributed by atoms with E-state index in [1.807, 2.05) is 0 Å². The normalized spacial score (nSPS) is 9.38. The molecule has 0 heterocycles. The van der Waals surface area contributed by atoms with Crippen LogP contribution in [0.3, 0.4) is 0 Å². The molecular formula is C18H34CoFeMnO2Zn. The van der Waals surface area contributed by atoms with Gasteiger partial charge in [0.1, 0.15) is 0 Å². The summed E-state index contributed by atoms with van der Waals surface area (Å²) in [5.74, 6) is -0.664. The Hall–Kier alpha value is 1.38. The Morgan fingerprint density at radius 3 is 1.58 bits per heavy atom. The fourth-order valence-corrected chi connectivity index (χ4v) is 2.35. The van der Waals surface area contributed by atoms with E-state index in [-0.39, 0.29) is 70.4 Å². The Kier molecular flexibility index (Phi) is 48.6. The molecule has 0 aliphatic carbocycles. The van der Waals surface area contributed by atoms with Crippen molar-refractivity contribution in [2.24, 2.45) is 0 Å². The van der Waals surface area contributed by atoms with Gasteiger partial charge in [0, 0.05) is 76.8 Å². The van der Waals surface area contributed by atoms with Gasteiger partial charge in [-0.3, -0.25) is 4.79 Å². The summed E-state index contributed by atoms with van der Waals surface area (Å²) in [5.41, 5.74) is 0. The number of aliphatic carboxylic acids is 1. The van der Waals surface area contributed by atoms with Crippen molar-refractivity contribution in [3.05, 3.63) is 12.2 Å². The van der Waals surface area contributed by atoms with Crippen LogP contribution in [-0.2, 0) is 75.2 Å². The molecule has 0 fully saturated rings. The maximum absolute atomic E-state index is 10.3. The summed E-state index contributed by atoms with van der Waals surface area (Å²) in [6.45, 7) is 2.26. The summed E-state index contributed by atoms with van der Waals surface area (Å²) in [5, 5.41) is 8.51. The number of carbonyl (C=O) groups is 1. The first-order valence-corrected chi connectivity index (χ1v) is 8.64. The zero-order valence-electron chi connectivity index (χ0n) is 15.2. The number of hydrogen-bond donors (Lipinski definition) is 1. The van der Waals surface area contributed by atoms with E-state index >= 15 is 0 Å². The SMILES string of the molecule is CCCCCCCC/C=C\CCCCCCCC(=O)O.[Co].[Fe].[Mn].[Zn]. The number of hydrogen-bond acceptors (Lipinski definition) is 1. The van der Waals surface area contributed by atoms with E-state index in [0.717, 1.165) is 12.8 Å². The molecule has 2 nitrogen and oxygen atoms in total. The average Bonchev–Trinajstić information content (AvgIpc) is 2.43. The molecular weight excluding hydrogens is 483 g/mol. The van der Waals surface area contributed by atoms with E-state index in [4.69, 9.17) is 5.11 Å². The van der Waals surface area contributed by atoms with E-state index in [2.05, 4.69) is 19.1 Å². The molecule has 0 aromatic rings. The molecule has 24 heavy (non-hydrogen) atoms. The summed E-state index contributed by atoms with van der Waals surface area (Å²) in [6, 6.07) is 0. The van der Waals surface area contributed by atoms with Crippen molar-refractivity contribution in [1.82, 2.24) is 0 Å². The molecule has 0 saturated carbocycles. The maximum atomic E-state index is 10.3. The van der Waals surface area contributed by atoms with Crippen LogP contribution >= 0.6 is 0 Å². The second-order valence-electron chi connectivity index (χ2n) is 5.73. The van der Waals surface area contributed by atoms with Crippen LogP contribution in [0.2, 0.25) is 0 Å². The van der Waals surface area contributed by atoms with Crippen molar-refractivity contribution >= 4 is 5.97 Å². The smallest absolute Gasteiger partial charge is 0.303 e. The molecule has 0 amide bonds. The monoisotopic (exact) mass is 516 g/mol. The summed E-state index contributed by atoms with van der Waals surface area (Å²) < 4.78 is 0. The molecule has 0 aliphatic rings. The average molecular weight is 518 g/mol. The van der Waals surface area contributed by atoms with E-state index < -0.39 is 5.97 Å². The van der Waals surface area contributed by atoms with Crippen molar-refractivity contribution in [2.75, 3.05) is 0 Å². The zero-order chi connectivity index (χ0) is 14.9. The van der Waals surface area contributed by atoms with Gasteiger partial charge in [0.2, 0.25) is 0 Å². The molecule has 0 spiro atoms. The first kappa shape index (κ1) is 36.3. The van der Waals surface area contributed by atoms with E-state index in [9.17, 15) is 4.79 Å². The predicted octanol–water partition coefficient (Wildman–Crippen LogP) is 6.10. The molecule has 144 valence electrons. The quantitative estimate of drug-likeness (QED) is 0.162. The Morgan fingerprint density at radius 2 is 1.17 bits per heavy atom. The van der Waals surface area contributed by atoms with Crippen LogP contribution in [-0.4, -0.2) is 11.1 Å². The summed E-state index contributed by atoms with van der Waals surface area (Å²) in [6.07, 6.45) is 21.2. The van der Waals surface area contributed by atoms with Gasteiger partial charge in [0.25, 0.3) is 0 Å². The van der Waals surface area contributed by atoms with Gasteiger partial charge in [0.15, 0.2) is 0 Å². The Bertz CT molecular complexity index is 257. The number of unbranched alkanes of at least 4 members (excludes halogenated alkanes) is 11. The molecule has 6 heteroatoms. The van der Waals surface area contributed by atoms with Gasteiger partial charge < -0.3 is 5.11 Å². The van der Waals surface area contributed by atoms with Crippen molar-refractivity contribution in [2.45, 2.75) is 96.8 Å². The molecule has 2 radical (unpaired) electrons. The molecule has 1 N–H and O–H groups in total. The number of carboxylic acid groups (broad SMARTS) is 1. The maximum Gasteiger partial charge on any atom is 0.303 e. The fourth-order valence-electron chi connectivity index (χ4n) is 2.35. The molecule has 0 unspecified atom stereocenters. The minimum absolute atomic E-state index is 0. The van der Waals surface area contributed by atoms with Gasteiger partial charge in [-0.15, -0.1) is 0 Å². The van der Waals surface area contributed by atoms with Gasteiger partial charge in [-0.25, -0.2) is 0 Å². The van der Waals surface area contributed by atoms with Gasteiger partial charge in [-0.05, 0) is 32.1 Å². The molecule has 0 rings (SSSR count). The predicted molar refractivity (Wildman–Crippen MR) is 87.1 cm³/mol. The van der Waals surface area contributed by atoms with Gasteiger partial charge in [0.05, 0.1) is 0 Å². The van der Waals surface area contributed by atoms with Gasteiger partial charge >= 0.3 is 5.97 Å². The first-order valence-electron chi connectivity index (χ1n) is 8.64. The van der Waals surface area contributed by atoms with E-state index in [1.54, 1.807) is 0 Å². The third kappa shape index (κ3) is 34.7. The van der Waals surface area contributed by atoms with Crippen molar-refractivity contribution < 1.29 is 80.3 Å². The number of carboxylic acids is 1. The summed E-state index contributed by atoms with van der Waals surface area (Å²) in [7, 11) is 0. The van der Waals surface area contributed by atoms with Crippen molar-refractivity contribution in [1.29, 1.82) is 0 Å². The second-order valence-corrected chi connectivity index (χ2v) is 5.73. The molecule has 0 aromatic heterocycles. The van der Waals surface area contributed by atoms with Crippen LogP contribution in [0, 0.1) is 0 Å².